The molecule has 3 heteroatoms. The smallest absolute Gasteiger partial charge is 0.154 e. The van der Waals surface area contributed by atoms with E-state index in [0.29, 0.717) is 6.54 Å². The summed E-state index contributed by atoms with van der Waals surface area (Å²) >= 11 is 0. The maximum atomic E-state index is 5.38. The molecule has 0 fully saturated rings. The second-order valence-corrected chi connectivity index (χ2v) is 3.53. The fraction of sp³-hybridized carbons (Fsp3) is 0.167. The Morgan fingerprint density at radius 2 is 2.07 bits per heavy atom. The molecule has 1 aromatic heterocycles. The molecular weight excluding hydrogens is 188 g/mol. The molecule has 0 radical (unpaired) electrons. The second-order valence-electron chi connectivity index (χ2n) is 3.53. The Hall–Kier alpha value is -1.90. The van der Waals surface area contributed by atoms with Crippen molar-refractivity contribution in [3.63, 3.8) is 0 Å². The Labute approximate surface area is 87.5 Å². The highest BCUT2D eigenvalue weighted by atomic mass is 16.3. The third-order valence-electron chi connectivity index (χ3n) is 2.60. The van der Waals surface area contributed by atoms with Gasteiger partial charge in [0.25, 0.3) is 0 Å². The third-order valence-corrected chi connectivity index (χ3v) is 2.60. The van der Waals surface area contributed by atoms with E-state index in [1.165, 1.54) is 11.1 Å². The topological polar surface area (TPSA) is 37.9 Å². The third kappa shape index (κ3) is 1.36. The van der Waals surface area contributed by atoms with Crippen molar-refractivity contribution >= 4 is 0 Å². The summed E-state index contributed by atoms with van der Waals surface area (Å²) in [6.07, 6.45) is 1.67. The SMILES string of the molecule is c1coc(C2N=NCc3ccccc32)c1. The Morgan fingerprint density at radius 3 is 2.93 bits per heavy atom. The van der Waals surface area contributed by atoms with Gasteiger partial charge in [0, 0.05) is 0 Å². The summed E-state index contributed by atoms with van der Waals surface area (Å²) in [5, 5.41) is 8.37. The number of azo groups is 1. The fourth-order valence-electron chi connectivity index (χ4n) is 1.86. The zero-order valence-corrected chi connectivity index (χ0v) is 8.13. The van der Waals surface area contributed by atoms with Crippen molar-refractivity contribution in [3.05, 3.63) is 59.5 Å². The van der Waals surface area contributed by atoms with Gasteiger partial charge in [-0.25, -0.2) is 0 Å². The lowest BCUT2D eigenvalue weighted by Crippen LogP contribution is -2.04. The molecule has 1 aliphatic rings. The second kappa shape index (κ2) is 3.35. The van der Waals surface area contributed by atoms with Crippen molar-refractivity contribution in [2.45, 2.75) is 12.6 Å². The predicted octanol–water partition coefficient (Wildman–Crippen LogP) is 3.33. The standard InChI is InChI=1S/C12H10N2O/c1-2-5-10-9(4-1)8-13-14-12(10)11-6-3-7-15-11/h1-7,12H,8H2. The van der Waals surface area contributed by atoms with E-state index in [9.17, 15) is 0 Å². The molecule has 15 heavy (non-hydrogen) atoms. The fourth-order valence-corrected chi connectivity index (χ4v) is 1.86. The minimum Gasteiger partial charge on any atom is -0.467 e. The molecule has 1 unspecified atom stereocenters. The van der Waals surface area contributed by atoms with Gasteiger partial charge in [-0.2, -0.15) is 10.2 Å². The number of hydrogen-bond donors (Lipinski definition) is 0. The molecule has 1 aliphatic heterocycles. The summed E-state index contributed by atoms with van der Waals surface area (Å²) in [6.45, 7) is 0.674. The number of fused-ring (bicyclic) bond motifs is 1. The van der Waals surface area contributed by atoms with E-state index in [1.807, 2.05) is 24.3 Å². The monoisotopic (exact) mass is 198 g/mol. The highest BCUT2D eigenvalue weighted by molar-refractivity contribution is 5.35. The highest BCUT2D eigenvalue weighted by Gasteiger charge is 2.21. The highest BCUT2D eigenvalue weighted by Crippen LogP contribution is 2.32. The first-order valence-electron chi connectivity index (χ1n) is 4.93. The molecule has 1 aromatic carbocycles. The molecule has 2 aromatic rings. The Bertz CT molecular complexity index is 488. The van der Waals surface area contributed by atoms with Crippen LogP contribution in [-0.4, -0.2) is 0 Å². The summed E-state index contributed by atoms with van der Waals surface area (Å²) in [4.78, 5) is 0. The van der Waals surface area contributed by atoms with Gasteiger partial charge in [0.15, 0.2) is 6.04 Å². The van der Waals surface area contributed by atoms with Crippen LogP contribution in [0.5, 0.6) is 0 Å². The summed E-state index contributed by atoms with van der Waals surface area (Å²) < 4.78 is 5.38. The van der Waals surface area contributed by atoms with Gasteiger partial charge in [-0.1, -0.05) is 24.3 Å². The first-order valence-corrected chi connectivity index (χ1v) is 4.93. The molecule has 3 rings (SSSR count). The average Bonchev–Trinajstić information content (AvgIpc) is 2.82. The molecule has 2 heterocycles. The maximum absolute atomic E-state index is 5.38. The van der Waals surface area contributed by atoms with Crippen LogP contribution in [-0.2, 0) is 6.54 Å². The van der Waals surface area contributed by atoms with Crippen LogP contribution in [0.15, 0.2) is 57.3 Å². The Kier molecular flexibility index (Phi) is 1.88. The van der Waals surface area contributed by atoms with Gasteiger partial charge in [0.05, 0.1) is 12.8 Å². The van der Waals surface area contributed by atoms with E-state index in [2.05, 4.69) is 22.4 Å². The van der Waals surface area contributed by atoms with Crippen LogP contribution in [0, 0.1) is 0 Å². The van der Waals surface area contributed by atoms with E-state index >= 15 is 0 Å². The lowest BCUT2D eigenvalue weighted by Gasteiger charge is -2.16. The zero-order valence-electron chi connectivity index (χ0n) is 8.13. The Morgan fingerprint density at radius 1 is 1.13 bits per heavy atom. The van der Waals surface area contributed by atoms with Crippen LogP contribution < -0.4 is 0 Å². The molecular formula is C12H10N2O. The molecule has 0 saturated carbocycles. The number of benzene rings is 1. The van der Waals surface area contributed by atoms with Crippen LogP contribution in [0.2, 0.25) is 0 Å². The van der Waals surface area contributed by atoms with Crippen molar-refractivity contribution in [2.75, 3.05) is 0 Å². The van der Waals surface area contributed by atoms with Crippen molar-refractivity contribution in [2.24, 2.45) is 10.2 Å². The quantitative estimate of drug-likeness (QED) is 0.692. The van der Waals surface area contributed by atoms with Crippen LogP contribution >= 0.6 is 0 Å². The molecule has 0 aliphatic carbocycles. The minimum absolute atomic E-state index is 0.0649. The molecule has 0 saturated heterocycles. The van der Waals surface area contributed by atoms with Gasteiger partial charge in [0.2, 0.25) is 0 Å². The molecule has 0 spiro atoms. The van der Waals surface area contributed by atoms with E-state index in [1.54, 1.807) is 6.26 Å². The van der Waals surface area contributed by atoms with Gasteiger partial charge in [0.1, 0.15) is 5.76 Å². The molecule has 1 atom stereocenters. The van der Waals surface area contributed by atoms with E-state index in [0.717, 1.165) is 5.76 Å². The lowest BCUT2D eigenvalue weighted by atomic mass is 9.98. The molecule has 0 N–H and O–H groups in total. The normalized spacial score (nSPS) is 18.8. The van der Waals surface area contributed by atoms with Crippen molar-refractivity contribution in [3.8, 4) is 0 Å². The van der Waals surface area contributed by atoms with Crippen LogP contribution in [0.3, 0.4) is 0 Å². The molecule has 0 bridgehead atoms. The van der Waals surface area contributed by atoms with Crippen molar-refractivity contribution in [1.29, 1.82) is 0 Å². The van der Waals surface area contributed by atoms with Crippen molar-refractivity contribution in [1.82, 2.24) is 0 Å². The number of furan rings is 1. The lowest BCUT2D eigenvalue weighted by molar-refractivity contribution is 0.476. The summed E-state index contributed by atoms with van der Waals surface area (Å²) in [5.74, 6) is 0.853. The summed E-state index contributed by atoms with van der Waals surface area (Å²) in [7, 11) is 0. The van der Waals surface area contributed by atoms with Crippen LogP contribution in [0.4, 0.5) is 0 Å². The van der Waals surface area contributed by atoms with E-state index in [-0.39, 0.29) is 6.04 Å². The number of rotatable bonds is 1. The van der Waals surface area contributed by atoms with Gasteiger partial charge in [-0.3, -0.25) is 0 Å². The van der Waals surface area contributed by atoms with Crippen LogP contribution in [0.1, 0.15) is 22.9 Å². The first kappa shape index (κ1) is 8.41. The van der Waals surface area contributed by atoms with Gasteiger partial charge < -0.3 is 4.42 Å². The van der Waals surface area contributed by atoms with Gasteiger partial charge in [-0.15, -0.1) is 0 Å². The molecule has 3 nitrogen and oxygen atoms in total. The first-order chi connectivity index (χ1) is 7.45. The minimum atomic E-state index is -0.0649. The van der Waals surface area contributed by atoms with Gasteiger partial charge in [-0.05, 0) is 23.3 Å². The van der Waals surface area contributed by atoms with Crippen molar-refractivity contribution < 1.29 is 4.42 Å². The average molecular weight is 198 g/mol. The Balaban J connectivity index is 2.11. The predicted molar refractivity (Wildman–Crippen MR) is 55.6 cm³/mol. The molecule has 0 amide bonds. The van der Waals surface area contributed by atoms with E-state index < -0.39 is 0 Å². The summed E-state index contributed by atoms with van der Waals surface area (Å²) in [6, 6.07) is 12.0. The molecule has 74 valence electrons. The number of nitrogens with zero attached hydrogens (tertiary/aromatic N) is 2. The zero-order chi connectivity index (χ0) is 10.1. The van der Waals surface area contributed by atoms with Gasteiger partial charge >= 0.3 is 0 Å². The maximum Gasteiger partial charge on any atom is 0.154 e. The van der Waals surface area contributed by atoms with E-state index in [4.69, 9.17) is 4.42 Å². The largest absolute Gasteiger partial charge is 0.467 e. The number of hydrogen-bond acceptors (Lipinski definition) is 3. The van der Waals surface area contributed by atoms with Crippen LogP contribution in [0.25, 0.3) is 0 Å². The summed E-state index contributed by atoms with van der Waals surface area (Å²) in [5.41, 5.74) is 2.43.